The van der Waals surface area contributed by atoms with Crippen molar-refractivity contribution >= 4 is 28.3 Å². The van der Waals surface area contributed by atoms with E-state index in [9.17, 15) is 9.90 Å². The van der Waals surface area contributed by atoms with Gasteiger partial charge < -0.3 is 14.9 Å². The highest BCUT2D eigenvalue weighted by atomic mass is 32.1. The molecule has 0 atom stereocenters. The van der Waals surface area contributed by atoms with Crippen LogP contribution >= 0.6 is 11.3 Å². The lowest BCUT2D eigenvalue weighted by Crippen LogP contribution is -2.21. The molecule has 84 valence electrons. The fourth-order valence-corrected chi connectivity index (χ4v) is 2.34. The summed E-state index contributed by atoms with van der Waals surface area (Å²) in [7, 11) is 0. The summed E-state index contributed by atoms with van der Waals surface area (Å²) in [4.78, 5) is 19.3. The average Bonchev–Trinajstić information content (AvgIpc) is 2.96. The van der Waals surface area contributed by atoms with E-state index in [0.29, 0.717) is 5.52 Å². The van der Waals surface area contributed by atoms with Gasteiger partial charge in [-0.3, -0.25) is 0 Å². The predicted octanol–water partition coefficient (Wildman–Crippen LogP) is 1.65. The number of aromatic carboxylic acids is 1. The zero-order valence-electron chi connectivity index (χ0n) is 8.64. The Morgan fingerprint density at radius 2 is 2.24 bits per heavy atom. The number of hydrogen-bond donors (Lipinski definition) is 1. The normalized spacial score (nSPS) is 10.8. The maximum atomic E-state index is 10.7. The minimum Gasteiger partial charge on any atom is -0.545 e. The van der Waals surface area contributed by atoms with Crippen LogP contribution in [0.5, 0.6) is 0 Å². The van der Waals surface area contributed by atoms with E-state index in [2.05, 4.69) is 9.97 Å². The number of carboxylic acids is 1. The lowest BCUT2D eigenvalue weighted by molar-refractivity contribution is -0.255. The number of fused-ring (bicyclic) bond motifs is 1. The van der Waals surface area contributed by atoms with Crippen LogP contribution in [0.3, 0.4) is 0 Å². The molecule has 3 aromatic rings. The van der Waals surface area contributed by atoms with E-state index in [1.165, 1.54) is 12.1 Å². The van der Waals surface area contributed by atoms with Crippen molar-refractivity contribution in [3.63, 3.8) is 0 Å². The van der Waals surface area contributed by atoms with Gasteiger partial charge in [0, 0.05) is 0 Å². The number of hydrogen-bond acceptors (Lipinski definition) is 4. The third-order valence-corrected chi connectivity index (χ3v) is 3.35. The zero-order chi connectivity index (χ0) is 11.8. The van der Waals surface area contributed by atoms with E-state index in [1.54, 1.807) is 17.4 Å². The number of nitrogens with zero attached hydrogens (tertiary/aromatic N) is 1. The molecule has 0 aliphatic carbocycles. The molecule has 0 saturated carbocycles. The number of thiophene rings is 1. The fourth-order valence-electron chi connectivity index (χ4n) is 1.67. The number of nitrogens with one attached hydrogen (secondary N) is 1. The minimum atomic E-state index is -1.18. The fraction of sp³-hybridized carbons (Fsp3) is 0. The second-order valence-electron chi connectivity index (χ2n) is 3.58. The monoisotopic (exact) mass is 243 g/mol. The molecule has 1 N–H and O–H groups in total. The highest BCUT2D eigenvalue weighted by molar-refractivity contribution is 7.13. The number of rotatable bonds is 2. The molecule has 4 nitrogen and oxygen atoms in total. The summed E-state index contributed by atoms with van der Waals surface area (Å²) in [5.41, 5.74) is 1.60. The van der Waals surface area contributed by atoms with Crippen LogP contribution in [-0.2, 0) is 0 Å². The summed E-state index contributed by atoms with van der Waals surface area (Å²) in [6.07, 6.45) is 0. The van der Waals surface area contributed by atoms with Crippen molar-refractivity contribution in [1.82, 2.24) is 9.97 Å². The minimum absolute atomic E-state index is 0.152. The van der Waals surface area contributed by atoms with E-state index >= 15 is 0 Å². The van der Waals surface area contributed by atoms with Crippen molar-refractivity contribution in [1.29, 1.82) is 0 Å². The molecule has 0 aliphatic rings. The van der Waals surface area contributed by atoms with Gasteiger partial charge in [-0.25, -0.2) is 4.98 Å². The summed E-state index contributed by atoms with van der Waals surface area (Å²) in [5.74, 6) is -0.426. The smallest absolute Gasteiger partial charge is 0.148 e. The molecule has 0 amide bonds. The number of aromatic amines is 1. The third-order valence-electron chi connectivity index (χ3n) is 2.47. The molecule has 5 heteroatoms. The molecule has 2 heterocycles. The average molecular weight is 243 g/mol. The van der Waals surface area contributed by atoms with E-state index in [0.717, 1.165) is 16.2 Å². The van der Waals surface area contributed by atoms with Crippen LogP contribution in [0.25, 0.3) is 21.7 Å². The number of H-pyrrole nitrogens is 1. The lowest BCUT2D eigenvalue weighted by Gasteiger charge is -1.99. The summed E-state index contributed by atoms with van der Waals surface area (Å²) in [5, 5.41) is 12.7. The highest BCUT2D eigenvalue weighted by Gasteiger charge is 2.06. The van der Waals surface area contributed by atoms with Crippen molar-refractivity contribution in [3.8, 4) is 10.7 Å². The Hall–Kier alpha value is -2.14. The second kappa shape index (κ2) is 3.71. The first-order chi connectivity index (χ1) is 8.24. The maximum absolute atomic E-state index is 10.7. The Morgan fingerprint density at radius 3 is 2.94 bits per heavy atom. The lowest BCUT2D eigenvalue weighted by atomic mass is 10.2. The number of carboxylic acid groups (broad SMARTS) is 1. The summed E-state index contributed by atoms with van der Waals surface area (Å²) < 4.78 is 0. The number of carbonyl (C=O) groups is 1. The number of imidazole rings is 1. The van der Waals surface area contributed by atoms with Gasteiger partial charge in [-0.15, -0.1) is 11.3 Å². The molecule has 17 heavy (non-hydrogen) atoms. The van der Waals surface area contributed by atoms with Gasteiger partial charge >= 0.3 is 0 Å². The van der Waals surface area contributed by atoms with E-state index in [-0.39, 0.29) is 5.56 Å². The molecule has 2 aromatic heterocycles. The standard InChI is InChI=1S/C12H8N2O2S/c15-12(16)7-3-4-8-9(6-7)14-11(13-8)10-2-1-5-17-10/h1-6H,(H,13,14)(H,15,16)/p-1. The number of carbonyl (C=O) groups excluding carboxylic acids is 1. The van der Waals surface area contributed by atoms with Gasteiger partial charge in [0.05, 0.1) is 21.9 Å². The Morgan fingerprint density at radius 1 is 1.35 bits per heavy atom. The van der Waals surface area contributed by atoms with Crippen molar-refractivity contribution in [2.45, 2.75) is 0 Å². The number of benzene rings is 1. The van der Waals surface area contributed by atoms with Crippen LogP contribution in [0.2, 0.25) is 0 Å². The zero-order valence-corrected chi connectivity index (χ0v) is 9.45. The third kappa shape index (κ3) is 1.70. The number of aromatic nitrogens is 2. The summed E-state index contributed by atoms with van der Waals surface area (Å²) in [6, 6.07) is 8.61. The van der Waals surface area contributed by atoms with Gasteiger partial charge in [0.25, 0.3) is 0 Å². The first kappa shape index (κ1) is 10.0. The van der Waals surface area contributed by atoms with Crippen molar-refractivity contribution in [3.05, 3.63) is 41.3 Å². The van der Waals surface area contributed by atoms with Gasteiger partial charge in [0.2, 0.25) is 0 Å². The maximum Gasteiger partial charge on any atom is 0.148 e. The Bertz CT molecular complexity index is 686. The van der Waals surface area contributed by atoms with Gasteiger partial charge in [0.1, 0.15) is 5.82 Å². The van der Waals surface area contributed by atoms with Gasteiger partial charge in [0.15, 0.2) is 0 Å². The Balaban J connectivity index is 2.16. The molecular weight excluding hydrogens is 236 g/mol. The molecule has 0 spiro atoms. The molecule has 3 rings (SSSR count). The van der Waals surface area contributed by atoms with Crippen molar-refractivity contribution in [2.24, 2.45) is 0 Å². The largest absolute Gasteiger partial charge is 0.545 e. The first-order valence-electron chi connectivity index (χ1n) is 4.99. The van der Waals surface area contributed by atoms with E-state index in [4.69, 9.17) is 0 Å². The Kier molecular flexibility index (Phi) is 2.19. The van der Waals surface area contributed by atoms with Gasteiger partial charge in [-0.2, -0.15) is 0 Å². The SMILES string of the molecule is O=C([O-])c1ccc2nc(-c3cccs3)[nH]c2c1. The summed E-state index contributed by atoms with van der Waals surface area (Å²) >= 11 is 1.58. The molecular formula is C12H7N2O2S-. The van der Waals surface area contributed by atoms with Crippen LogP contribution in [0.15, 0.2) is 35.7 Å². The highest BCUT2D eigenvalue weighted by Crippen LogP contribution is 2.24. The van der Waals surface area contributed by atoms with Crippen LogP contribution < -0.4 is 5.11 Å². The Labute approximate surface area is 101 Å². The molecule has 0 radical (unpaired) electrons. The molecule has 0 fully saturated rings. The van der Waals surface area contributed by atoms with Gasteiger partial charge in [-0.05, 0) is 29.1 Å². The second-order valence-corrected chi connectivity index (χ2v) is 4.53. The quantitative estimate of drug-likeness (QED) is 0.744. The van der Waals surface area contributed by atoms with E-state index < -0.39 is 5.97 Å². The van der Waals surface area contributed by atoms with Crippen LogP contribution in [0.1, 0.15) is 10.4 Å². The molecule has 0 bridgehead atoms. The molecule has 0 unspecified atom stereocenters. The topological polar surface area (TPSA) is 68.8 Å². The van der Waals surface area contributed by atoms with E-state index in [1.807, 2.05) is 17.5 Å². The van der Waals surface area contributed by atoms with Gasteiger partial charge in [-0.1, -0.05) is 12.1 Å². The predicted molar refractivity (Wildman–Crippen MR) is 63.7 cm³/mol. The van der Waals surface area contributed by atoms with Crippen molar-refractivity contribution < 1.29 is 9.90 Å². The van der Waals surface area contributed by atoms with Crippen LogP contribution in [0.4, 0.5) is 0 Å². The molecule has 0 saturated heterocycles. The molecule has 0 aliphatic heterocycles. The molecule has 1 aromatic carbocycles. The van der Waals surface area contributed by atoms with Crippen molar-refractivity contribution in [2.75, 3.05) is 0 Å². The first-order valence-corrected chi connectivity index (χ1v) is 5.87. The van der Waals surface area contributed by atoms with Crippen LogP contribution in [-0.4, -0.2) is 15.9 Å². The van der Waals surface area contributed by atoms with Crippen LogP contribution in [0, 0.1) is 0 Å². The summed E-state index contributed by atoms with van der Waals surface area (Å²) in [6.45, 7) is 0.